The maximum absolute atomic E-state index is 13.0. The summed E-state index contributed by atoms with van der Waals surface area (Å²) in [5.41, 5.74) is 5.07. The number of carbonyl (C=O) groups is 5. The van der Waals surface area contributed by atoms with Crippen molar-refractivity contribution in [2.24, 2.45) is 0 Å². The second-order valence-corrected chi connectivity index (χ2v) is 15.3. The minimum Gasteiger partial charge on any atom is -0.488 e. The summed E-state index contributed by atoms with van der Waals surface area (Å²) in [4.78, 5) is 68.2. The number of anilines is 3. The lowest BCUT2D eigenvalue weighted by Crippen LogP contribution is -2.36. The highest BCUT2D eigenvalue weighted by Gasteiger charge is 2.25. The third-order valence-electron chi connectivity index (χ3n) is 10.1. The number of hydrogen-bond acceptors (Lipinski definition) is 15. The van der Waals surface area contributed by atoms with Crippen LogP contribution in [0.3, 0.4) is 0 Å². The van der Waals surface area contributed by atoms with Gasteiger partial charge in [0.15, 0.2) is 0 Å². The molecule has 3 aromatic carbocycles. The Hall–Kier alpha value is -7.30. The fourth-order valence-corrected chi connectivity index (χ4v) is 7.20. The normalized spacial score (nSPS) is 10.8. The smallest absolute Gasteiger partial charge is 0.325 e. The Labute approximate surface area is 383 Å². The van der Waals surface area contributed by atoms with E-state index in [1.165, 1.54) is 15.9 Å². The Bertz CT molecular complexity index is 2530. The lowest BCUT2D eigenvalue weighted by atomic mass is 9.93. The Balaban J connectivity index is 1.61. The van der Waals surface area contributed by atoms with Crippen molar-refractivity contribution < 1.29 is 61.9 Å². The van der Waals surface area contributed by atoms with Crippen LogP contribution in [0.25, 0.3) is 33.4 Å². The van der Waals surface area contributed by atoms with Gasteiger partial charge in [0, 0.05) is 48.4 Å². The number of carbonyl (C=O) groups excluding carboxylic acids is 4. The quantitative estimate of drug-likeness (QED) is 0.0294. The number of aliphatic carboxylic acids is 1. The van der Waals surface area contributed by atoms with Gasteiger partial charge in [-0.05, 0) is 81.3 Å². The topological polar surface area (TPSA) is 187 Å². The summed E-state index contributed by atoms with van der Waals surface area (Å²) < 4.78 is 42.3. The van der Waals surface area contributed by atoms with Crippen LogP contribution in [-0.4, -0.2) is 129 Å². The van der Waals surface area contributed by atoms with Crippen LogP contribution in [0.15, 0.2) is 77.2 Å². The zero-order valence-corrected chi connectivity index (χ0v) is 38.8. The van der Waals surface area contributed by atoms with Gasteiger partial charge >= 0.3 is 29.8 Å². The first-order chi connectivity index (χ1) is 31.6. The second kappa shape index (κ2) is 23.6. The van der Waals surface area contributed by atoms with Crippen LogP contribution in [-0.2, 0) is 49.3 Å². The molecule has 66 heavy (non-hydrogen) atoms. The van der Waals surface area contributed by atoms with E-state index in [9.17, 15) is 29.1 Å². The Kier molecular flexibility index (Phi) is 17.8. The molecule has 0 aromatic heterocycles. The molecule has 0 amide bonds. The summed E-state index contributed by atoms with van der Waals surface area (Å²) >= 11 is 0. The molecule has 17 heteroatoms. The second-order valence-electron chi connectivity index (χ2n) is 15.3. The third kappa shape index (κ3) is 13.1. The van der Waals surface area contributed by atoms with E-state index < -0.39 is 29.8 Å². The van der Waals surface area contributed by atoms with Crippen molar-refractivity contribution in [3.63, 3.8) is 0 Å². The average molecular weight is 912 g/mol. The number of rotatable bonds is 23. The van der Waals surface area contributed by atoms with Gasteiger partial charge in [0.05, 0.1) is 50.3 Å². The van der Waals surface area contributed by atoms with Crippen LogP contribution in [0.2, 0.25) is 0 Å². The number of nitrogens with zero attached hydrogens (tertiary/aromatic N) is 4. The maximum Gasteiger partial charge on any atom is 0.325 e. The van der Waals surface area contributed by atoms with Crippen LogP contribution >= 0.6 is 0 Å². The fraction of sp³-hybridized carbons (Fsp3) is 0.388. The van der Waals surface area contributed by atoms with E-state index in [2.05, 4.69) is 0 Å². The van der Waals surface area contributed by atoms with Gasteiger partial charge in [-0.25, -0.2) is 4.58 Å². The van der Waals surface area contributed by atoms with Gasteiger partial charge < -0.3 is 52.6 Å². The molecule has 5 rings (SSSR count). The van der Waals surface area contributed by atoms with Crippen molar-refractivity contribution >= 4 is 57.9 Å². The lowest BCUT2D eigenvalue weighted by Gasteiger charge is -2.27. The molecule has 1 N–H and O–H groups in total. The molecule has 0 radical (unpaired) electrons. The number of ether oxygens (including phenoxy) is 6. The third-order valence-corrected chi connectivity index (χ3v) is 10.1. The largest absolute Gasteiger partial charge is 0.488 e. The van der Waals surface area contributed by atoms with E-state index in [0.717, 1.165) is 33.1 Å². The van der Waals surface area contributed by atoms with E-state index in [4.69, 9.17) is 32.8 Å². The zero-order chi connectivity index (χ0) is 47.9. The van der Waals surface area contributed by atoms with Crippen LogP contribution in [0.1, 0.15) is 33.3 Å². The van der Waals surface area contributed by atoms with Crippen molar-refractivity contribution in [2.75, 3.05) is 109 Å². The summed E-state index contributed by atoms with van der Waals surface area (Å²) in [5, 5.41) is 11.3. The highest BCUT2D eigenvalue weighted by atomic mass is 16.6. The summed E-state index contributed by atoms with van der Waals surface area (Å²) in [7, 11) is 7.82. The molecule has 1 aliphatic carbocycles. The fourth-order valence-electron chi connectivity index (χ4n) is 7.20. The predicted molar refractivity (Wildman–Crippen MR) is 249 cm³/mol. The summed E-state index contributed by atoms with van der Waals surface area (Å²) in [5.74, 6) is -2.28. The van der Waals surface area contributed by atoms with Crippen molar-refractivity contribution in [2.45, 2.75) is 34.1 Å². The minimum absolute atomic E-state index is 0.0841. The van der Waals surface area contributed by atoms with Gasteiger partial charge in [0.25, 0.3) is 0 Å². The van der Waals surface area contributed by atoms with Gasteiger partial charge in [0.1, 0.15) is 76.3 Å². The molecule has 352 valence electrons. The van der Waals surface area contributed by atoms with E-state index in [-0.39, 0.29) is 83.7 Å². The summed E-state index contributed by atoms with van der Waals surface area (Å²) in [6.45, 7) is 5.70. The van der Waals surface area contributed by atoms with Crippen LogP contribution in [0.5, 0.6) is 11.5 Å². The monoisotopic (exact) mass is 911 g/mol. The molecule has 0 unspecified atom stereocenters. The first kappa shape index (κ1) is 49.7. The Morgan fingerprint density at radius 3 is 1.71 bits per heavy atom. The summed E-state index contributed by atoms with van der Waals surface area (Å²) in [6, 6.07) is 22.2. The molecule has 3 aromatic rings. The molecular weight excluding hydrogens is 853 g/mol. The van der Waals surface area contributed by atoms with E-state index in [1.807, 2.05) is 86.2 Å². The van der Waals surface area contributed by atoms with Crippen molar-refractivity contribution in [3.8, 4) is 33.9 Å². The molecule has 2 aliphatic rings. The average Bonchev–Trinajstić information content (AvgIpc) is 3.26. The number of carboxylic acids is 1. The first-order valence-electron chi connectivity index (χ1n) is 21.7. The van der Waals surface area contributed by atoms with Crippen LogP contribution in [0, 0.1) is 0 Å². The molecule has 0 fully saturated rings. The Morgan fingerprint density at radius 1 is 0.621 bits per heavy atom. The highest BCUT2D eigenvalue weighted by molar-refractivity contribution is 6.03. The Morgan fingerprint density at radius 2 is 1.18 bits per heavy atom. The molecule has 0 atom stereocenters. The van der Waals surface area contributed by atoms with Crippen molar-refractivity contribution in [3.05, 3.63) is 83.7 Å². The van der Waals surface area contributed by atoms with Gasteiger partial charge in [-0.2, -0.15) is 0 Å². The maximum atomic E-state index is 13.0. The number of hydrogen-bond donors (Lipinski definition) is 1. The minimum atomic E-state index is -1.08. The standard InChI is InChI=1S/C49H58N4O13/c1-9-60-45(56)28-52(29-46(57)61-10-2)38-19-14-33(49-36-17-15-34(50(5)6)26-41(36)66-42-27-35(51(7)8)16-18-37(42)49)25-43(38)65-22-21-64-40-20-13-32(24-44(54)55)23-39(40)53(30-47(58)62-11-3)31-48(59)63-12-4/h13-20,23,25-27H,9-12,21-22,24,28-31H2,1-8H3/p+1. The first-order valence-corrected chi connectivity index (χ1v) is 21.7. The van der Waals surface area contributed by atoms with Crippen molar-refractivity contribution in [1.29, 1.82) is 0 Å². The summed E-state index contributed by atoms with van der Waals surface area (Å²) in [6.07, 6.45) is -0.329. The predicted octanol–water partition coefficient (Wildman–Crippen LogP) is 5.25. The van der Waals surface area contributed by atoms with Crippen LogP contribution in [0.4, 0.5) is 17.1 Å². The molecule has 1 heterocycles. The highest BCUT2D eigenvalue weighted by Crippen LogP contribution is 2.43. The van der Waals surface area contributed by atoms with E-state index in [1.54, 1.807) is 45.9 Å². The van der Waals surface area contributed by atoms with Crippen LogP contribution < -0.4 is 34.1 Å². The van der Waals surface area contributed by atoms with Gasteiger partial charge in [-0.15, -0.1) is 0 Å². The number of carboxylic acid groups (broad SMARTS) is 1. The van der Waals surface area contributed by atoms with Gasteiger partial charge in [-0.3, -0.25) is 24.0 Å². The number of fused-ring (bicyclic) bond motifs is 2. The zero-order valence-electron chi connectivity index (χ0n) is 38.8. The molecule has 0 saturated carbocycles. The molecule has 1 aliphatic heterocycles. The molecule has 0 saturated heterocycles. The lowest BCUT2D eigenvalue weighted by molar-refractivity contribution is -0.144. The molecular formula is C49H59N4O13+. The SMILES string of the molecule is CCOC(=O)CN(CC(=O)OCC)c1ccc(-c2c3ccc(=[N+](C)C)cc-3oc3cc(N(C)C)ccc23)cc1OCCOc1ccc(CC(=O)O)cc1N(CC(=O)OCC)CC(=O)OCC. The molecule has 0 spiro atoms. The van der Waals surface area contributed by atoms with E-state index in [0.29, 0.717) is 28.3 Å². The molecule has 17 nitrogen and oxygen atoms in total. The number of benzene rings is 4. The van der Waals surface area contributed by atoms with E-state index >= 15 is 0 Å². The van der Waals surface area contributed by atoms with Crippen molar-refractivity contribution in [1.82, 2.24) is 4.58 Å². The van der Waals surface area contributed by atoms with Gasteiger partial charge in [0.2, 0.25) is 5.36 Å². The molecule has 0 bridgehead atoms. The van der Waals surface area contributed by atoms with Gasteiger partial charge in [-0.1, -0.05) is 12.1 Å². The number of esters is 4.